The lowest BCUT2D eigenvalue weighted by molar-refractivity contribution is -0.114. The van der Waals surface area contributed by atoms with Crippen molar-refractivity contribution < 1.29 is 4.79 Å². The molecule has 0 saturated heterocycles. The molecule has 2 nitrogen and oxygen atoms in total. The van der Waals surface area contributed by atoms with Crippen LogP contribution in [0.25, 0.3) is 55.6 Å². The molecule has 0 aromatic heterocycles. The second kappa shape index (κ2) is 14.7. The summed E-state index contributed by atoms with van der Waals surface area (Å²) in [6.07, 6.45) is 12.4. The smallest absolute Gasteiger partial charge is 0.221 e. The second-order valence-corrected chi connectivity index (χ2v) is 12.5. The van der Waals surface area contributed by atoms with Crippen LogP contribution >= 0.6 is 0 Å². The Balaban J connectivity index is 1.47. The number of benzene rings is 7. The number of rotatable bonds is 8. The molecule has 0 aliphatic carbocycles. The van der Waals surface area contributed by atoms with Crippen LogP contribution in [0.5, 0.6) is 0 Å². The molecule has 2 heteroatoms. The molecule has 7 rings (SSSR count). The van der Waals surface area contributed by atoms with Gasteiger partial charge in [0.1, 0.15) is 0 Å². The number of anilines is 1. The van der Waals surface area contributed by atoms with Gasteiger partial charge in [-0.3, -0.25) is 4.79 Å². The molecular formula is C49H35NO. The van der Waals surface area contributed by atoms with Gasteiger partial charge in [0.25, 0.3) is 0 Å². The van der Waals surface area contributed by atoms with Gasteiger partial charge in [-0.1, -0.05) is 133 Å². The van der Waals surface area contributed by atoms with Crippen LogP contribution in [0.15, 0.2) is 164 Å². The Kier molecular flexibility index (Phi) is 9.42. The topological polar surface area (TPSA) is 29.1 Å². The van der Waals surface area contributed by atoms with Crippen molar-refractivity contribution in [1.82, 2.24) is 0 Å². The third kappa shape index (κ3) is 7.13. The van der Waals surface area contributed by atoms with Gasteiger partial charge in [-0.2, -0.15) is 0 Å². The molecular weight excluding hydrogens is 619 g/mol. The van der Waals surface area contributed by atoms with E-state index in [1.54, 1.807) is 0 Å². The summed E-state index contributed by atoms with van der Waals surface area (Å²) in [4.78, 5) is 11.5. The molecule has 7 aromatic rings. The van der Waals surface area contributed by atoms with Gasteiger partial charge in [-0.15, -0.1) is 12.8 Å². The lowest BCUT2D eigenvalue weighted by Crippen LogP contribution is -2.05. The minimum Gasteiger partial charge on any atom is -0.326 e. The monoisotopic (exact) mass is 653 g/mol. The zero-order chi connectivity index (χ0) is 35.2. The number of nitrogens with one attached hydrogen (secondary N) is 1. The fraction of sp³-hybridized carbons (Fsp3) is 0.0408. The van der Waals surface area contributed by atoms with E-state index in [9.17, 15) is 4.79 Å². The number of terminal acetylenes is 2. The summed E-state index contributed by atoms with van der Waals surface area (Å²) in [5.74, 6) is 5.48. The molecule has 0 aliphatic heterocycles. The molecule has 0 atom stereocenters. The van der Waals surface area contributed by atoms with Gasteiger partial charge in [-0.05, 0) is 116 Å². The van der Waals surface area contributed by atoms with Crippen molar-refractivity contribution >= 4 is 11.6 Å². The van der Waals surface area contributed by atoms with Crippen LogP contribution in [-0.4, -0.2) is 5.91 Å². The van der Waals surface area contributed by atoms with Crippen molar-refractivity contribution in [1.29, 1.82) is 0 Å². The maximum absolute atomic E-state index is 11.5. The average molecular weight is 654 g/mol. The van der Waals surface area contributed by atoms with E-state index in [2.05, 4.69) is 145 Å². The molecule has 1 amide bonds. The molecule has 0 unspecified atom stereocenters. The molecule has 0 radical (unpaired) electrons. The van der Waals surface area contributed by atoms with Crippen molar-refractivity contribution in [2.45, 2.75) is 13.3 Å². The molecule has 7 aromatic carbocycles. The molecule has 0 fully saturated rings. The van der Waals surface area contributed by atoms with Gasteiger partial charge < -0.3 is 5.32 Å². The van der Waals surface area contributed by atoms with Crippen molar-refractivity contribution in [2.75, 3.05) is 5.32 Å². The predicted molar refractivity (Wildman–Crippen MR) is 213 cm³/mol. The van der Waals surface area contributed by atoms with E-state index in [-0.39, 0.29) is 5.91 Å². The van der Waals surface area contributed by atoms with E-state index in [1.807, 2.05) is 36.4 Å². The van der Waals surface area contributed by atoms with Crippen LogP contribution in [0, 0.1) is 24.7 Å². The van der Waals surface area contributed by atoms with E-state index < -0.39 is 0 Å². The Morgan fingerprint density at radius 3 is 1.35 bits per heavy atom. The Bertz CT molecular complexity index is 2390. The fourth-order valence-electron chi connectivity index (χ4n) is 6.66. The predicted octanol–water partition coefficient (Wildman–Crippen LogP) is 11.5. The first-order valence-electron chi connectivity index (χ1n) is 16.9. The van der Waals surface area contributed by atoms with E-state index >= 15 is 0 Å². The van der Waals surface area contributed by atoms with Crippen LogP contribution in [-0.2, 0) is 11.2 Å². The Morgan fingerprint density at radius 2 is 0.882 bits per heavy atom. The molecule has 0 saturated carbocycles. The molecule has 0 bridgehead atoms. The summed E-state index contributed by atoms with van der Waals surface area (Å²) in [5.41, 5.74) is 16.0. The van der Waals surface area contributed by atoms with Gasteiger partial charge in [0.15, 0.2) is 0 Å². The quantitative estimate of drug-likeness (QED) is 0.163. The van der Waals surface area contributed by atoms with Crippen LogP contribution < -0.4 is 5.32 Å². The van der Waals surface area contributed by atoms with Gasteiger partial charge >= 0.3 is 0 Å². The first-order chi connectivity index (χ1) is 25.0. The van der Waals surface area contributed by atoms with Crippen molar-refractivity contribution in [3.8, 4) is 80.3 Å². The van der Waals surface area contributed by atoms with E-state index in [4.69, 9.17) is 12.8 Å². The highest BCUT2D eigenvalue weighted by molar-refractivity contribution is 6.07. The summed E-state index contributed by atoms with van der Waals surface area (Å²) >= 11 is 0. The molecule has 51 heavy (non-hydrogen) atoms. The lowest BCUT2D eigenvalue weighted by atomic mass is 9.78. The maximum Gasteiger partial charge on any atom is 0.221 e. The zero-order valence-electron chi connectivity index (χ0n) is 28.4. The zero-order valence-corrected chi connectivity index (χ0v) is 28.4. The lowest BCUT2D eigenvalue weighted by Gasteiger charge is -2.24. The highest BCUT2D eigenvalue weighted by Gasteiger charge is 2.24. The average Bonchev–Trinajstić information content (AvgIpc) is 3.19. The summed E-state index contributed by atoms with van der Waals surface area (Å²) in [7, 11) is 0. The van der Waals surface area contributed by atoms with Crippen LogP contribution in [0.2, 0.25) is 0 Å². The van der Waals surface area contributed by atoms with Gasteiger partial charge in [0, 0.05) is 23.7 Å². The molecule has 0 aliphatic rings. The Hall–Kier alpha value is -6.87. The minimum absolute atomic E-state index is 0.0776. The molecule has 0 heterocycles. The summed E-state index contributed by atoms with van der Waals surface area (Å²) in [6.45, 7) is 1.52. The first-order valence-corrected chi connectivity index (χ1v) is 16.9. The summed E-state index contributed by atoms with van der Waals surface area (Å²) in [6, 6.07) is 57.0. The normalized spacial score (nSPS) is 10.6. The van der Waals surface area contributed by atoms with Crippen LogP contribution in [0.4, 0.5) is 5.69 Å². The second-order valence-electron chi connectivity index (χ2n) is 12.5. The third-order valence-corrected chi connectivity index (χ3v) is 9.10. The number of hydrogen-bond acceptors (Lipinski definition) is 1. The SMILES string of the molecule is C#Cc1ccc(-c2c(-c3ccccc3)cc(-c3ccc(Cc4ccc(NC(C)=O)cc4)cc3)c(-c3ccccc3)c2-c2ccc(C#C)cc2)cc1. The van der Waals surface area contributed by atoms with Gasteiger partial charge in [0.2, 0.25) is 5.91 Å². The highest BCUT2D eigenvalue weighted by Crippen LogP contribution is 2.50. The number of hydrogen-bond donors (Lipinski definition) is 1. The van der Waals surface area contributed by atoms with Crippen molar-refractivity contribution in [2.24, 2.45) is 0 Å². The number of carbonyl (C=O) groups is 1. The largest absolute Gasteiger partial charge is 0.326 e. The van der Waals surface area contributed by atoms with E-state index in [0.29, 0.717) is 0 Å². The number of amides is 1. The summed E-state index contributed by atoms with van der Waals surface area (Å²) in [5, 5.41) is 2.84. The highest BCUT2D eigenvalue weighted by atomic mass is 16.1. The first kappa shape index (κ1) is 32.7. The Morgan fingerprint density at radius 1 is 0.490 bits per heavy atom. The molecule has 1 N–H and O–H groups in total. The third-order valence-electron chi connectivity index (χ3n) is 9.10. The standard InChI is InChI=1S/C49H35NO/c1-4-35-16-26-42(27-17-35)48-45(39-12-8-6-9-13-39)33-46(40-24-20-37(21-25-40)32-38-22-30-44(31-23-38)50-34(3)51)47(41-14-10-7-11-15-41)49(48)43-28-18-36(5-2)19-29-43/h1-2,6-31,33H,32H2,3H3,(H,50,51). The molecule has 242 valence electrons. The van der Waals surface area contributed by atoms with E-state index in [1.165, 1.54) is 18.1 Å². The Labute approximate surface area is 300 Å². The summed E-state index contributed by atoms with van der Waals surface area (Å²) < 4.78 is 0. The number of carbonyl (C=O) groups excluding carboxylic acids is 1. The fourth-order valence-corrected chi connectivity index (χ4v) is 6.66. The van der Waals surface area contributed by atoms with Crippen LogP contribution in [0.1, 0.15) is 29.2 Å². The van der Waals surface area contributed by atoms with Crippen LogP contribution in [0.3, 0.4) is 0 Å². The maximum atomic E-state index is 11.5. The van der Waals surface area contributed by atoms with Crippen molar-refractivity contribution in [3.05, 3.63) is 186 Å². The van der Waals surface area contributed by atoms with Gasteiger partial charge in [-0.25, -0.2) is 0 Å². The van der Waals surface area contributed by atoms with Gasteiger partial charge in [0.05, 0.1) is 0 Å². The molecule has 0 spiro atoms. The van der Waals surface area contributed by atoms with E-state index in [0.717, 1.165) is 78.9 Å². The minimum atomic E-state index is -0.0776. The van der Waals surface area contributed by atoms with Crippen molar-refractivity contribution in [3.63, 3.8) is 0 Å².